The summed E-state index contributed by atoms with van der Waals surface area (Å²) >= 11 is 0. The van der Waals surface area contributed by atoms with Crippen molar-refractivity contribution in [2.45, 2.75) is 26.4 Å². The van der Waals surface area contributed by atoms with Gasteiger partial charge in [-0.25, -0.2) is 0 Å². The number of carbonyl (C=O) groups excluding carboxylic acids is 2. The number of para-hydroxylation sites is 1. The maximum Gasteiger partial charge on any atom is 0.295 e. The molecule has 0 bridgehead atoms. The van der Waals surface area contributed by atoms with Crippen LogP contribution in [0.4, 0.5) is 0 Å². The van der Waals surface area contributed by atoms with Crippen molar-refractivity contribution in [1.29, 1.82) is 0 Å². The number of hydrogen-bond donors (Lipinski definition) is 2. The van der Waals surface area contributed by atoms with E-state index in [4.69, 9.17) is 0 Å². The van der Waals surface area contributed by atoms with Crippen molar-refractivity contribution in [3.8, 4) is 0 Å². The lowest BCUT2D eigenvalue weighted by Crippen LogP contribution is -2.29. The number of aliphatic hydroxyl groups is 1. The van der Waals surface area contributed by atoms with Gasteiger partial charge in [-0.05, 0) is 42.7 Å². The highest BCUT2D eigenvalue weighted by atomic mass is 16.3. The number of nitrogens with one attached hydrogen (secondary N) is 1. The van der Waals surface area contributed by atoms with E-state index in [1.54, 1.807) is 24.7 Å². The quantitative estimate of drug-likeness (QED) is 0.273. The monoisotopic (exact) mass is 437 g/mol. The molecule has 0 aliphatic carbocycles. The van der Waals surface area contributed by atoms with Crippen LogP contribution in [0.2, 0.25) is 0 Å². The van der Waals surface area contributed by atoms with Crippen molar-refractivity contribution >= 4 is 28.4 Å². The van der Waals surface area contributed by atoms with E-state index < -0.39 is 17.7 Å². The normalized spacial score (nSPS) is 17.8. The number of Topliss-reactive ketones (excluding diaryl/α,β-unsaturated/α-hetero) is 1. The fourth-order valence-corrected chi connectivity index (χ4v) is 4.49. The maximum absolute atomic E-state index is 13.3. The lowest BCUT2D eigenvalue weighted by molar-refractivity contribution is -0.140. The number of H-pyrrole nitrogens is 1. The third-order valence-corrected chi connectivity index (χ3v) is 6.23. The molecule has 3 heterocycles. The van der Waals surface area contributed by atoms with Gasteiger partial charge < -0.3 is 15.0 Å². The fourth-order valence-electron chi connectivity index (χ4n) is 4.49. The molecule has 0 saturated carbocycles. The van der Waals surface area contributed by atoms with Crippen LogP contribution in [0, 0.1) is 13.8 Å². The number of nitrogens with zero attached hydrogens (tertiary/aromatic N) is 2. The topological polar surface area (TPSA) is 86.3 Å². The summed E-state index contributed by atoms with van der Waals surface area (Å²) < 4.78 is 0. The van der Waals surface area contributed by atoms with Crippen LogP contribution in [-0.2, 0) is 16.1 Å². The predicted octanol–water partition coefficient (Wildman–Crippen LogP) is 4.80. The molecule has 1 amide bonds. The van der Waals surface area contributed by atoms with Gasteiger partial charge in [-0.3, -0.25) is 14.6 Å². The summed E-state index contributed by atoms with van der Waals surface area (Å²) in [6.07, 6.45) is 4.94. The third kappa shape index (κ3) is 3.49. The number of amides is 1. The van der Waals surface area contributed by atoms with E-state index in [1.165, 1.54) is 4.90 Å². The minimum Gasteiger partial charge on any atom is -0.507 e. The lowest BCUT2D eigenvalue weighted by atomic mass is 9.95. The molecule has 6 heteroatoms. The van der Waals surface area contributed by atoms with Crippen LogP contribution in [0.15, 0.2) is 78.8 Å². The molecule has 4 aromatic rings. The standard InChI is InChI=1S/C27H23N3O3/c1-16-9-10-17(2)19(12-16)15-30-24(18-6-5-11-28-13-18)23(26(32)27(30)33)25(31)21-14-29-22-8-4-3-7-20(21)22/h3-14,24,29,31H,15H2,1-2H3/b25-23-. The average molecular weight is 437 g/mol. The van der Waals surface area contributed by atoms with Crippen LogP contribution in [0.3, 0.4) is 0 Å². The number of aromatic amines is 1. The molecule has 1 unspecified atom stereocenters. The first-order valence-electron chi connectivity index (χ1n) is 10.8. The van der Waals surface area contributed by atoms with Crippen LogP contribution >= 0.6 is 0 Å². The first kappa shape index (κ1) is 20.7. The summed E-state index contributed by atoms with van der Waals surface area (Å²) in [5, 5.41) is 12.1. The molecular weight excluding hydrogens is 414 g/mol. The molecule has 1 saturated heterocycles. The van der Waals surface area contributed by atoms with Gasteiger partial charge in [0.15, 0.2) is 0 Å². The molecular formula is C27H23N3O3. The summed E-state index contributed by atoms with van der Waals surface area (Å²) in [5.74, 6) is -1.52. The van der Waals surface area contributed by atoms with Gasteiger partial charge in [0.25, 0.3) is 11.7 Å². The second-order valence-electron chi connectivity index (χ2n) is 8.39. The molecule has 0 radical (unpaired) electrons. The number of carbonyl (C=O) groups is 2. The van der Waals surface area contributed by atoms with Gasteiger partial charge in [0.1, 0.15) is 5.76 Å². The summed E-state index contributed by atoms with van der Waals surface area (Å²) in [7, 11) is 0. The molecule has 5 rings (SSSR count). The van der Waals surface area contributed by atoms with E-state index >= 15 is 0 Å². The summed E-state index contributed by atoms with van der Waals surface area (Å²) in [5.41, 5.74) is 5.13. The number of aliphatic hydroxyl groups excluding tert-OH is 1. The first-order chi connectivity index (χ1) is 16.0. The van der Waals surface area contributed by atoms with Crippen LogP contribution in [0.25, 0.3) is 16.7 Å². The smallest absolute Gasteiger partial charge is 0.295 e. The van der Waals surface area contributed by atoms with Gasteiger partial charge in [-0.2, -0.15) is 0 Å². The Bertz CT molecular complexity index is 1420. The predicted molar refractivity (Wildman–Crippen MR) is 126 cm³/mol. The van der Waals surface area contributed by atoms with Crippen LogP contribution in [0.5, 0.6) is 0 Å². The zero-order chi connectivity index (χ0) is 23.1. The van der Waals surface area contributed by atoms with Gasteiger partial charge in [0.2, 0.25) is 0 Å². The van der Waals surface area contributed by atoms with Crippen molar-refractivity contribution in [3.05, 3.63) is 107 Å². The molecule has 164 valence electrons. The molecule has 2 N–H and O–H groups in total. The van der Waals surface area contributed by atoms with Gasteiger partial charge in [-0.15, -0.1) is 0 Å². The van der Waals surface area contributed by atoms with Gasteiger partial charge in [0.05, 0.1) is 11.6 Å². The number of hydrogen-bond acceptors (Lipinski definition) is 4. The second-order valence-corrected chi connectivity index (χ2v) is 8.39. The van der Waals surface area contributed by atoms with Crippen molar-refractivity contribution in [2.24, 2.45) is 0 Å². The highest BCUT2D eigenvalue weighted by Gasteiger charge is 2.46. The number of ketones is 1. The number of likely N-dealkylation sites (tertiary alicyclic amines) is 1. The number of aromatic nitrogens is 2. The van der Waals surface area contributed by atoms with E-state index in [-0.39, 0.29) is 17.9 Å². The maximum atomic E-state index is 13.3. The Kier molecular flexibility index (Phi) is 5.05. The van der Waals surface area contributed by atoms with E-state index in [1.807, 2.05) is 62.4 Å². The largest absolute Gasteiger partial charge is 0.507 e. The summed E-state index contributed by atoms with van der Waals surface area (Å²) in [6.45, 7) is 4.23. The Morgan fingerprint density at radius 3 is 2.70 bits per heavy atom. The van der Waals surface area contributed by atoms with Crippen molar-refractivity contribution in [3.63, 3.8) is 0 Å². The number of benzene rings is 2. The first-order valence-corrected chi connectivity index (χ1v) is 10.8. The number of aryl methyl sites for hydroxylation is 2. The Balaban J connectivity index is 1.69. The van der Waals surface area contributed by atoms with Crippen LogP contribution in [0.1, 0.15) is 33.9 Å². The highest BCUT2D eigenvalue weighted by molar-refractivity contribution is 6.46. The second kappa shape index (κ2) is 8.06. The molecule has 1 fully saturated rings. The molecule has 33 heavy (non-hydrogen) atoms. The van der Waals surface area contributed by atoms with Crippen molar-refractivity contribution in [2.75, 3.05) is 0 Å². The lowest BCUT2D eigenvalue weighted by Gasteiger charge is -2.26. The zero-order valence-electron chi connectivity index (χ0n) is 18.4. The molecule has 6 nitrogen and oxygen atoms in total. The third-order valence-electron chi connectivity index (χ3n) is 6.23. The number of pyridine rings is 1. The molecule has 2 aromatic heterocycles. The van der Waals surface area contributed by atoms with E-state index in [2.05, 4.69) is 9.97 Å². The van der Waals surface area contributed by atoms with E-state index in [9.17, 15) is 14.7 Å². The molecule has 2 aromatic carbocycles. The Morgan fingerprint density at radius 2 is 1.91 bits per heavy atom. The molecule has 0 spiro atoms. The molecule has 1 aliphatic rings. The number of rotatable bonds is 4. The van der Waals surface area contributed by atoms with E-state index in [0.29, 0.717) is 11.1 Å². The van der Waals surface area contributed by atoms with Crippen LogP contribution < -0.4 is 0 Å². The minimum absolute atomic E-state index is 0.0723. The van der Waals surface area contributed by atoms with Crippen molar-refractivity contribution in [1.82, 2.24) is 14.9 Å². The Hall–Kier alpha value is -4.19. The van der Waals surface area contributed by atoms with E-state index in [0.717, 1.165) is 27.6 Å². The Labute approximate surface area is 191 Å². The van der Waals surface area contributed by atoms with Gasteiger partial charge >= 0.3 is 0 Å². The number of fused-ring (bicyclic) bond motifs is 1. The average Bonchev–Trinajstić information content (AvgIpc) is 3.36. The summed E-state index contributed by atoms with van der Waals surface area (Å²) in [4.78, 5) is 35.4. The van der Waals surface area contributed by atoms with Gasteiger partial charge in [-0.1, -0.05) is 48.0 Å². The SMILES string of the molecule is Cc1ccc(C)c(CN2C(=O)C(=O)/C(=C(\O)c3c[nH]c4ccccc34)C2c2cccnc2)c1. The van der Waals surface area contributed by atoms with Gasteiger partial charge in [0, 0.05) is 41.6 Å². The van der Waals surface area contributed by atoms with Crippen molar-refractivity contribution < 1.29 is 14.7 Å². The molecule has 1 aliphatic heterocycles. The minimum atomic E-state index is -0.743. The highest BCUT2D eigenvalue weighted by Crippen LogP contribution is 2.41. The molecule has 1 atom stereocenters. The fraction of sp³-hybridized carbons (Fsp3) is 0.148. The Morgan fingerprint density at radius 1 is 1.09 bits per heavy atom. The zero-order valence-corrected chi connectivity index (χ0v) is 18.4. The van der Waals surface area contributed by atoms with Crippen LogP contribution in [-0.4, -0.2) is 31.7 Å². The summed E-state index contributed by atoms with van der Waals surface area (Å²) in [6, 6.07) is 16.4.